The number of carbonyl (C=O) groups is 1. The molecule has 0 spiro atoms. The Morgan fingerprint density at radius 3 is 2.32 bits per heavy atom. The molecule has 0 atom stereocenters. The van der Waals surface area contributed by atoms with Crippen molar-refractivity contribution < 1.29 is 31.1 Å². The van der Waals surface area contributed by atoms with Crippen molar-refractivity contribution in [3.63, 3.8) is 0 Å². The zero-order valence-electron chi connectivity index (χ0n) is 17.5. The average Bonchev–Trinajstić information content (AvgIpc) is 2.69. The minimum absolute atomic E-state index is 0.0194. The van der Waals surface area contributed by atoms with Crippen molar-refractivity contribution in [2.24, 2.45) is 0 Å². The maximum Gasteiger partial charge on any atom is 0.416 e. The molecule has 0 aromatic heterocycles. The molecule has 0 saturated heterocycles. The molecule has 1 N–H and O–H groups in total. The molecule has 0 heterocycles. The second kappa shape index (κ2) is 10.1. The summed E-state index contributed by atoms with van der Waals surface area (Å²) in [6.45, 7) is 6.00. The van der Waals surface area contributed by atoms with E-state index in [-0.39, 0.29) is 48.0 Å². The van der Waals surface area contributed by atoms with Crippen molar-refractivity contribution in [1.29, 1.82) is 0 Å². The fourth-order valence-corrected chi connectivity index (χ4v) is 4.48. The first-order valence-electron chi connectivity index (χ1n) is 9.75. The number of rotatable bonds is 9. The van der Waals surface area contributed by atoms with Gasteiger partial charge in [-0.05, 0) is 36.8 Å². The predicted molar refractivity (Wildman–Crippen MR) is 111 cm³/mol. The maximum atomic E-state index is 12.9. The Labute approximate surface area is 180 Å². The van der Waals surface area contributed by atoms with Crippen molar-refractivity contribution in [3.05, 3.63) is 53.6 Å². The molecule has 31 heavy (non-hydrogen) atoms. The molecule has 2 aromatic rings. The van der Waals surface area contributed by atoms with Crippen LogP contribution in [0.3, 0.4) is 0 Å². The van der Waals surface area contributed by atoms with Crippen LogP contribution in [0.5, 0.6) is 5.75 Å². The lowest BCUT2D eigenvalue weighted by atomic mass is 10.1. The van der Waals surface area contributed by atoms with Gasteiger partial charge in [-0.2, -0.15) is 17.5 Å². The first kappa shape index (κ1) is 24.7. The smallest absolute Gasteiger partial charge is 0.416 e. The number of nitrogens with one attached hydrogen (secondary N) is 1. The Kier molecular flexibility index (Phi) is 8.08. The van der Waals surface area contributed by atoms with E-state index < -0.39 is 27.7 Å². The Bertz CT molecular complexity index is 1020. The first-order chi connectivity index (χ1) is 14.5. The summed E-state index contributed by atoms with van der Waals surface area (Å²) in [7, 11) is -3.77. The number of halogens is 3. The fraction of sp³-hybridized carbons (Fsp3) is 0.381. The lowest BCUT2D eigenvalue weighted by molar-refractivity contribution is -0.137. The Morgan fingerprint density at radius 1 is 1.06 bits per heavy atom. The van der Waals surface area contributed by atoms with Crippen molar-refractivity contribution in [1.82, 2.24) is 4.31 Å². The van der Waals surface area contributed by atoms with Crippen LogP contribution in [0.1, 0.15) is 31.9 Å². The highest BCUT2D eigenvalue weighted by atomic mass is 32.2. The van der Waals surface area contributed by atoms with E-state index in [0.29, 0.717) is 0 Å². The highest BCUT2D eigenvalue weighted by Gasteiger charge is 2.30. The maximum absolute atomic E-state index is 12.9. The van der Waals surface area contributed by atoms with Gasteiger partial charge >= 0.3 is 6.18 Å². The molecule has 0 bridgehead atoms. The molecular formula is C21H25F3N2O4S. The number of amides is 1. The zero-order valence-corrected chi connectivity index (χ0v) is 18.3. The van der Waals surface area contributed by atoms with Gasteiger partial charge in [0.05, 0.1) is 29.2 Å². The predicted octanol–water partition coefficient (Wildman–Crippen LogP) is 4.32. The average molecular weight is 459 g/mol. The molecule has 0 unspecified atom stereocenters. The van der Waals surface area contributed by atoms with Crippen LogP contribution in [-0.4, -0.2) is 38.3 Å². The summed E-state index contributed by atoms with van der Waals surface area (Å²) >= 11 is 0. The van der Waals surface area contributed by atoms with Gasteiger partial charge in [-0.25, -0.2) is 8.42 Å². The van der Waals surface area contributed by atoms with Gasteiger partial charge in [0.1, 0.15) is 5.75 Å². The van der Waals surface area contributed by atoms with E-state index in [0.717, 1.165) is 12.1 Å². The third-order valence-corrected chi connectivity index (χ3v) is 6.53. The minimum Gasteiger partial charge on any atom is -0.492 e. The summed E-state index contributed by atoms with van der Waals surface area (Å²) in [5.41, 5.74) is -0.538. The van der Waals surface area contributed by atoms with Crippen LogP contribution in [0.4, 0.5) is 18.9 Å². The van der Waals surface area contributed by atoms with Gasteiger partial charge in [-0.3, -0.25) is 4.79 Å². The van der Waals surface area contributed by atoms with Gasteiger partial charge < -0.3 is 10.1 Å². The van der Waals surface area contributed by atoms with Gasteiger partial charge in [-0.15, -0.1) is 0 Å². The van der Waals surface area contributed by atoms with Crippen LogP contribution >= 0.6 is 0 Å². The quantitative estimate of drug-likeness (QED) is 0.608. The molecule has 0 aliphatic carbocycles. The third kappa shape index (κ3) is 6.20. The van der Waals surface area contributed by atoms with Crippen LogP contribution in [0.15, 0.2) is 47.4 Å². The van der Waals surface area contributed by atoms with Crippen molar-refractivity contribution >= 4 is 21.6 Å². The lowest BCUT2D eigenvalue weighted by Gasteiger charge is -2.20. The molecule has 6 nitrogen and oxygen atoms in total. The summed E-state index contributed by atoms with van der Waals surface area (Å²) < 4.78 is 71.0. The summed E-state index contributed by atoms with van der Waals surface area (Å²) in [5.74, 6) is -0.337. The van der Waals surface area contributed by atoms with Gasteiger partial charge in [0.2, 0.25) is 15.9 Å². The Morgan fingerprint density at radius 2 is 1.74 bits per heavy atom. The zero-order chi connectivity index (χ0) is 23.2. The topological polar surface area (TPSA) is 75.7 Å². The summed E-state index contributed by atoms with van der Waals surface area (Å²) in [4.78, 5) is 12.5. The summed E-state index contributed by atoms with van der Waals surface area (Å²) in [5, 5.41) is 2.56. The van der Waals surface area contributed by atoms with E-state index >= 15 is 0 Å². The number of hydrogen-bond acceptors (Lipinski definition) is 4. The monoisotopic (exact) mass is 458 g/mol. The number of benzene rings is 2. The molecule has 0 aliphatic heterocycles. The van der Waals surface area contributed by atoms with Crippen LogP contribution in [0.2, 0.25) is 0 Å². The number of ether oxygens (including phenoxy) is 1. The summed E-state index contributed by atoms with van der Waals surface area (Å²) in [6, 6.07) is 8.61. The normalized spacial score (nSPS) is 12.1. The van der Waals surface area contributed by atoms with E-state index in [1.54, 1.807) is 20.8 Å². The van der Waals surface area contributed by atoms with Crippen LogP contribution < -0.4 is 10.1 Å². The van der Waals surface area contributed by atoms with Gasteiger partial charge in [0, 0.05) is 13.1 Å². The molecule has 2 aromatic carbocycles. The highest BCUT2D eigenvalue weighted by Crippen LogP contribution is 2.31. The van der Waals surface area contributed by atoms with Crippen LogP contribution in [0, 0.1) is 0 Å². The molecule has 1 amide bonds. The van der Waals surface area contributed by atoms with E-state index in [9.17, 15) is 26.4 Å². The number of carbonyl (C=O) groups excluding carboxylic acids is 1. The largest absolute Gasteiger partial charge is 0.492 e. The molecule has 0 aliphatic rings. The van der Waals surface area contributed by atoms with E-state index in [1.165, 1.54) is 34.6 Å². The van der Waals surface area contributed by atoms with Crippen LogP contribution in [0.25, 0.3) is 0 Å². The summed E-state index contributed by atoms with van der Waals surface area (Å²) in [6.07, 6.45) is -4.83. The Balaban J connectivity index is 2.31. The SMILES string of the molecule is CCOc1ccc(S(=O)(=O)N(CC)CC)cc1NC(=O)Cc1cccc(C(F)(F)F)c1. The Hall–Kier alpha value is -2.59. The van der Waals surface area contributed by atoms with Gasteiger partial charge in [-0.1, -0.05) is 32.0 Å². The second-order valence-electron chi connectivity index (χ2n) is 6.60. The first-order valence-corrected chi connectivity index (χ1v) is 11.2. The van der Waals surface area contributed by atoms with Gasteiger partial charge in [0.25, 0.3) is 0 Å². The standard InChI is InChI=1S/C21H25F3N2O4S/c1-4-26(5-2)31(28,29)17-10-11-19(30-6-3)18(14-17)25-20(27)13-15-8-7-9-16(12-15)21(22,23)24/h7-12,14H,4-6,13H2,1-3H3,(H,25,27). The van der Waals surface area contributed by atoms with Crippen molar-refractivity contribution in [2.75, 3.05) is 25.0 Å². The minimum atomic E-state index is -4.51. The number of hydrogen-bond donors (Lipinski definition) is 1. The molecule has 0 radical (unpaired) electrons. The lowest BCUT2D eigenvalue weighted by Crippen LogP contribution is -2.30. The number of sulfonamides is 1. The van der Waals surface area contributed by atoms with Crippen molar-refractivity contribution in [2.45, 2.75) is 38.3 Å². The molecule has 2 rings (SSSR count). The molecular weight excluding hydrogens is 433 g/mol. The fourth-order valence-electron chi connectivity index (χ4n) is 3.00. The number of alkyl halides is 3. The van der Waals surface area contributed by atoms with Crippen LogP contribution in [-0.2, 0) is 27.4 Å². The van der Waals surface area contributed by atoms with E-state index in [2.05, 4.69) is 5.32 Å². The number of nitrogens with zero attached hydrogens (tertiary/aromatic N) is 1. The third-order valence-electron chi connectivity index (χ3n) is 4.49. The molecule has 170 valence electrons. The second-order valence-corrected chi connectivity index (χ2v) is 8.54. The van der Waals surface area contributed by atoms with E-state index in [4.69, 9.17) is 4.74 Å². The molecule has 0 saturated carbocycles. The number of anilines is 1. The molecule has 10 heteroatoms. The molecule has 0 fully saturated rings. The van der Waals surface area contributed by atoms with E-state index in [1.807, 2.05) is 0 Å². The van der Waals surface area contributed by atoms with Gasteiger partial charge in [0.15, 0.2) is 0 Å². The highest BCUT2D eigenvalue weighted by molar-refractivity contribution is 7.89. The van der Waals surface area contributed by atoms with Crippen molar-refractivity contribution in [3.8, 4) is 5.75 Å².